The molecule has 1 unspecified atom stereocenters. The summed E-state index contributed by atoms with van der Waals surface area (Å²) in [6, 6.07) is 0.424. The predicted octanol–water partition coefficient (Wildman–Crippen LogP) is 1.37. The van der Waals surface area contributed by atoms with Crippen LogP contribution in [0.25, 0.3) is 0 Å². The molecule has 16 heavy (non-hydrogen) atoms. The Morgan fingerprint density at radius 1 is 1.31 bits per heavy atom. The van der Waals surface area contributed by atoms with Gasteiger partial charge >= 0.3 is 0 Å². The van der Waals surface area contributed by atoms with Crippen molar-refractivity contribution in [1.82, 2.24) is 10.6 Å². The number of piperidine rings is 1. The van der Waals surface area contributed by atoms with E-state index >= 15 is 0 Å². The first kappa shape index (κ1) is 13.9. The first-order valence-corrected chi connectivity index (χ1v) is 6.59. The number of aliphatic hydroxyl groups excluding tert-OH is 1. The molecule has 0 amide bonds. The van der Waals surface area contributed by atoms with Gasteiger partial charge in [0.25, 0.3) is 0 Å². The van der Waals surface area contributed by atoms with E-state index in [4.69, 9.17) is 5.11 Å². The Morgan fingerprint density at radius 3 is 2.44 bits per heavy atom. The lowest BCUT2D eigenvalue weighted by Crippen LogP contribution is -2.44. The second-order valence-corrected chi connectivity index (χ2v) is 6.03. The molecule has 0 radical (unpaired) electrons. The maximum Gasteiger partial charge on any atom is 0.0446 e. The van der Waals surface area contributed by atoms with E-state index in [9.17, 15) is 0 Å². The summed E-state index contributed by atoms with van der Waals surface area (Å²) in [7, 11) is 0. The lowest BCUT2D eigenvalue weighted by atomic mass is 9.84. The van der Waals surface area contributed by atoms with E-state index in [1.54, 1.807) is 0 Å². The molecular formula is C13H28N2O. The molecule has 1 heterocycles. The summed E-state index contributed by atoms with van der Waals surface area (Å²) in [5.74, 6) is 0.810. The molecule has 1 aliphatic rings. The number of hydrogen-bond donors (Lipinski definition) is 3. The summed E-state index contributed by atoms with van der Waals surface area (Å²) < 4.78 is 0. The van der Waals surface area contributed by atoms with Crippen molar-refractivity contribution in [2.45, 2.75) is 46.1 Å². The smallest absolute Gasteiger partial charge is 0.0446 e. The Morgan fingerprint density at radius 2 is 1.94 bits per heavy atom. The Kier molecular flexibility index (Phi) is 5.73. The Balaban J connectivity index is 2.31. The van der Waals surface area contributed by atoms with Crippen LogP contribution >= 0.6 is 0 Å². The standard InChI is InChI=1S/C13H28N2O/c1-13(2,3)12(6-9-16)15-10-11-4-7-14-8-5-11/h11-12,14-16H,4-10H2,1-3H3. The first-order chi connectivity index (χ1) is 7.54. The molecule has 1 saturated heterocycles. The van der Waals surface area contributed by atoms with Crippen LogP contribution in [0.4, 0.5) is 0 Å². The van der Waals surface area contributed by atoms with E-state index in [0.717, 1.165) is 32.0 Å². The van der Waals surface area contributed by atoms with Gasteiger partial charge in [-0.25, -0.2) is 0 Å². The summed E-state index contributed by atoms with van der Waals surface area (Å²) in [4.78, 5) is 0. The minimum atomic E-state index is 0.232. The highest BCUT2D eigenvalue weighted by Crippen LogP contribution is 2.22. The molecule has 0 spiro atoms. The summed E-state index contributed by atoms with van der Waals surface area (Å²) in [5, 5.41) is 16.1. The van der Waals surface area contributed by atoms with Crippen molar-refractivity contribution in [2.75, 3.05) is 26.2 Å². The Hall–Kier alpha value is -0.120. The van der Waals surface area contributed by atoms with Gasteiger partial charge in [-0.3, -0.25) is 0 Å². The molecule has 3 N–H and O–H groups in total. The van der Waals surface area contributed by atoms with Crippen molar-refractivity contribution >= 4 is 0 Å². The Bertz CT molecular complexity index is 183. The molecule has 0 aromatic carbocycles. The summed E-state index contributed by atoms with van der Waals surface area (Å²) in [6.45, 7) is 10.4. The average Bonchev–Trinajstić information content (AvgIpc) is 2.24. The van der Waals surface area contributed by atoms with Crippen LogP contribution in [0.2, 0.25) is 0 Å². The highest BCUT2D eigenvalue weighted by molar-refractivity contribution is 4.82. The van der Waals surface area contributed by atoms with Crippen molar-refractivity contribution < 1.29 is 5.11 Å². The zero-order valence-electron chi connectivity index (χ0n) is 11.1. The maximum absolute atomic E-state index is 9.09. The van der Waals surface area contributed by atoms with Crippen LogP contribution in [-0.4, -0.2) is 37.4 Å². The van der Waals surface area contributed by atoms with Crippen LogP contribution in [0.15, 0.2) is 0 Å². The third kappa shape index (κ3) is 4.81. The first-order valence-electron chi connectivity index (χ1n) is 6.59. The van der Waals surface area contributed by atoms with E-state index in [1.165, 1.54) is 12.8 Å². The zero-order valence-corrected chi connectivity index (χ0v) is 11.1. The van der Waals surface area contributed by atoms with E-state index in [0.29, 0.717) is 6.04 Å². The fourth-order valence-electron chi connectivity index (χ4n) is 2.37. The topological polar surface area (TPSA) is 44.3 Å². The number of aliphatic hydroxyl groups is 1. The molecule has 0 saturated carbocycles. The van der Waals surface area contributed by atoms with E-state index in [-0.39, 0.29) is 12.0 Å². The zero-order chi connectivity index (χ0) is 12.0. The summed E-state index contributed by atoms with van der Waals surface area (Å²) >= 11 is 0. The van der Waals surface area contributed by atoms with Crippen LogP contribution < -0.4 is 10.6 Å². The van der Waals surface area contributed by atoms with E-state index in [2.05, 4.69) is 31.4 Å². The van der Waals surface area contributed by atoms with Gasteiger partial charge in [-0.1, -0.05) is 20.8 Å². The Labute approximate surface area is 100 Å². The lowest BCUT2D eigenvalue weighted by Gasteiger charge is -2.33. The molecule has 0 aromatic rings. The molecule has 1 fully saturated rings. The maximum atomic E-state index is 9.09. The van der Waals surface area contributed by atoms with Gasteiger partial charge < -0.3 is 15.7 Å². The third-order valence-electron chi connectivity index (χ3n) is 3.57. The van der Waals surface area contributed by atoms with Crippen LogP contribution in [0.1, 0.15) is 40.0 Å². The van der Waals surface area contributed by atoms with Crippen molar-refractivity contribution in [3.8, 4) is 0 Å². The quantitative estimate of drug-likeness (QED) is 0.666. The van der Waals surface area contributed by atoms with Crippen LogP contribution in [-0.2, 0) is 0 Å². The fraction of sp³-hybridized carbons (Fsp3) is 1.00. The molecule has 3 nitrogen and oxygen atoms in total. The van der Waals surface area contributed by atoms with Crippen LogP contribution in [0.3, 0.4) is 0 Å². The second-order valence-electron chi connectivity index (χ2n) is 6.03. The van der Waals surface area contributed by atoms with Crippen molar-refractivity contribution in [3.63, 3.8) is 0 Å². The molecule has 0 bridgehead atoms. The monoisotopic (exact) mass is 228 g/mol. The number of hydrogen-bond acceptors (Lipinski definition) is 3. The van der Waals surface area contributed by atoms with E-state index in [1.807, 2.05) is 0 Å². The fourth-order valence-corrected chi connectivity index (χ4v) is 2.37. The minimum absolute atomic E-state index is 0.232. The van der Waals surface area contributed by atoms with Crippen LogP contribution in [0.5, 0.6) is 0 Å². The molecule has 1 rings (SSSR count). The van der Waals surface area contributed by atoms with Crippen molar-refractivity contribution in [1.29, 1.82) is 0 Å². The molecule has 0 aliphatic carbocycles. The molecule has 0 aromatic heterocycles. The molecule has 1 atom stereocenters. The third-order valence-corrected chi connectivity index (χ3v) is 3.57. The van der Waals surface area contributed by atoms with Gasteiger partial charge in [0.1, 0.15) is 0 Å². The van der Waals surface area contributed by atoms with Gasteiger partial charge in [-0.2, -0.15) is 0 Å². The van der Waals surface area contributed by atoms with Crippen molar-refractivity contribution in [3.05, 3.63) is 0 Å². The van der Waals surface area contributed by atoms with Gasteiger partial charge in [-0.05, 0) is 50.2 Å². The van der Waals surface area contributed by atoms with Gasteiger partial charge in [0.15, 0.2) is 0 Å². The molecular weight excluding hydrogens is 200 g/mol. The van der Waals surface area contributed by atoms with Gasteiger partial charge in [0.2, 0.25) is 0 Å². The van der Waals surface area contributed by atoms with Gasteiger partial charge in [-0.15, -0.1) is 0 Å². The normalized spacial score (nSPS) is 21.0. The number of nitrogens with one attached hydrogen (secondary N) is 2. The molecule has 3 heteroatoms. The highest BCUT2D eigenvalue weighted by Gasteiger charge is 2.24. The predicted molar refractivity (Wildman–Crippen MR) is 68.5 cm³/mol. The molecule has 96 valence electrons. The van der Waals surface area contributed by atoms with Gasteiger partial charge in [0, 0.05) is 12.6 Å². The van der Waals surface area contributed by atoms with Crippen LogP contribution in [0, 0.1) is 11.3 Å². The SMILES string of the molecule is CC(C)(C)C(CCO)NCC1CCNCC1. The van der Waals surface area contributed by atoms with Crippen molar-refractivity contribution in [2.24, 2.45) is 11.3 Å². The second kappa shape index (κ2) is 6.58. The molecule has 1 aliphatic heterocycles. The average molecular weight is 228 g/mol. The lowest BCUT2D eigenvalue weighted by molar-refractivity contribution is 0.188. The van der Waals surface area contributed by atoms with E-state index < -0.39 is 0 Å². The van der Waals surface area contributed by atoms with Gasteiger partial charge in [0.05, 0.1) is 0 Å². The summed E-state index contributed by atoms with van der Waals surface area (Å²) in [5.41, 5.74) is 0.232. The summed E-state index contributed by atoms with van der Waals surface area (Å²) in [6.07, 6.45) is 3.42. The largest absolute Gasteiger partial charge is 0.396 e. The minimum Gasteiger partial charge on any atom is -0.396 e. The number of rotatable bonds is 5. The highest BCUT2D eigenvalue weighted by atomic mass is 16.3.